The fraction of sp³-hybridized carbons (Fsp3) is 0.757. The van der Waals surface area contributed by atoms with Crippen molar-refractivity contribution in [1.29, 1.82) is 0 Å². The summed E-state index contributed by atoms with van der Waals surface area (Å²) in [5.74, 6) is 4.50. The molecule has 4 heteroatoms. The number of hydrogen-bond acceptors (Lipinski definition) is 3. The first-order chi connectivity index (χ1) is 19.5. The van der Waals surface area contributed by atoms with Crippen LogP contribution in [0.25, 0.3) is 0 Å². The van der Waals surface area contributed by atoms with Crippen molar-refractivity contribution < 1.29 is 14.6 Å². The van der Waals surface area contributed by atoms with Crippen LogP contribution < -0.4 is 10.1 Å². The molecular weight excluding hydrogens is 506 g/mol. The normalized spacial score (nSPS) is 42.2. The summed E-state index contributed by atoms with van der Waals surface area (Å²) in [6.45, 7) is 15.8. The molecule has 1 aromatic rings. The van der Waals surface area contributed by atoms with E-state index in [4.69, 9.17) is 4.74 Å². The number of hydrogen-bond donors (Lipinski definition) is 2. The number of carbonyl (C=O) groups is 1. The first-order valence-electron chi connectivity index (χ1n) is 16.6. The minimum Gasteiger partial charge on any atom is -0.497 e. The third-order valence-corrected chi connectivity index (χ3v) is 13.5. The van der Waals surface area contributed by atoms with Gasteiger partial charge >= 0.3 is 0 Å². The number of nitrogens with one attached hydrogen (secondary N) is 1. The molecule has 0 aromatic heterocycles. The van der Waals surface area contributed by atoms with Crippen LogP contribution in [-0.2, 0) is 11.3 Å². The largest absolute Gasteiger partial charge is 0.497 e. The van der Waals surface area contributed by atoms with Crippen molar-refractivity contribution in [1.82, 2.24) is 5.32 Å². The highest BCUT2D eigenvalue weighted by Gasteiger charge is 2.67. The van der Waals surface area contributed by atoms with E-state index in [1.54, 1.807) is 13.2 Å². The summed E-state index contributed by atoms with van der Waals surface area (Å²) < 4.78 is 5.39. The Balaban J connectivity index is 0.00000108. The maximum absolute atomic E-state index is 13.9. The Morgan fingerprint density at radius 3 is 2.44 bits per heavy atom. The highest BCUT2D eigenvalue weighted by atomic mass is 16.5. The molecule has 5 fully saturated rings. The lowest BCUT2D eigenvalue weighted by Gasteiger charge is -2.69. The topological polar surface area (TPSA) is 58.6 Å². The quantitative estimate of drug-likeness (QED) is 0.362. The second kappa shape index (κ2) is 11.4. The summed E-state index contributed by atoms with van der Waals surface area (Å²) in [5, 5.41) is 14.3. The molecule has 1 aromatic carbocycles. The second-order valence-electron chi connectivity index (χ2n) is 15.5. The van der Waals surface area contributed by atoms with Gasteiger partial charge in [-0.05, 0) is 135 Å². The molecule has 0 aliphatic heterocycles. The van der Waals surface area contributed by atoms with Gasteiger partial charge in [0.1, 0.15) is 5.75 Å². The van der Waals surface area contributed by atoms with E-state index in [9.17, 15) is 9.90 Å². The minimum atomic E-state index is -0.165. The molecule has 0 saturated heterocycles. The van der Waals surface area contributed by atoms with Crippen molar-refractivity contribution in [2.45, 2.75) is 118 Å². The van der Waals surface area contributed by atoms with Crippen LogP contribution in [0.2, 0.25) is 0 Å². The molecule has 4 nitrogen and oxygen atoms in total. The molecule has 41 heavy (non-hydrogen) atoms. The van der Waals surface area contributed by atoms with Gasteiger partial charge in [-0.25, -0.2) is 0 Å². The van der Waals surface area contributed by atoms with Crippen molar-refractivity contribution in [3.05, 3.63) is 42.5 Å². The Kier molecular flexibility index (Phi) is 8.49. The number of fused-ring (bicyclic) bond motifs is 7. The summed E-state index contributed by atoms with van der Waals surface area (Å²) in [7, 11) is 1.69. The Morgan fingerprint density at radius 2 is 1.71 bits per heavy atom. The van der Waals surface area contributed by atoms with Crippen LogP contribution in [0.3, 0.4) is 0 Å². The maximum atomic E-state index is 13.9. The Labute approximate surface area is 250 Å². The van der Waals surface area contributed by atoms with Crippen molar-refractivity contribution in [3.8, 4) is 5.75 Å². The molecule has 2 N–H and O–H groups in total. The number of allylic oxidation sites excluding steroid dienone is 1. The van der Waals surface area contributed by atoms with Gasteiger partial charge in [0.15, 0.2) is 0 Å². The van der Waals surface area contributed by atoms with Crippen molar-refractivity contribution >= 4 is 5.91 Å². The van der Waals surface area contributed by atoms with Crippen molar-refractivity contribution in [2.75, 3.05) is 7.11 Å². The molecule has 0 bridgehead atoms. The van der Waals surface area contributed by atoms with Gasteiger partial charge in [0.2, 0.25) is 5.91 Å². The van der Waals surface area contributed by atoms with E-state index < -0.39 is 0 Å². The van der Waals surface area contributed by atoms with Crippen LogP contribution in [0.5, 0.6) is 5.75 Å². The van der Waals surface area contributed by atoms with Crippen molar-refractivity contribution in [3.63, 3.8) is 0 Å². The van der Waals surface area contributed by atoms with Gasteiger partial charge in [0, 0.05) is 6.54 Å². The zero-order valence-corrected chi connectivity index (χ0v) is 26.8. The van der Waals surface area contributed by atoms with Crippen LogP contribution in [-0.4, -0.2) is 24.2 Å². The number of ether oxygens (including phenoxy) is 1. The van der Waals surface area contributed by atoms with Gasteiger partial charge < -0.3 is 15.2 Å². The van der Waals surface area contributed by atoms with E-state index in [1.807, 2.05) is 25.1 Å². The van der Waals surface area contributed by atoms with Crippen LogP contribution in [0.15, 0.2) is 36.9 Å². The van der Waals surface area contributed by atoms with Gasteiger partial charge in [-0.2, -0.15) is 0 Å². The third kappa shape index (κ3) is 4.88. The molecule has 0 radical (unpaired) electrons. The molecule has 5 saturated carbocycles. The fourth-order valence-electron chi connectivity index (χ4n) is 11.7. The lowest BCUT2D eigenvalue weighted by atomic mass is 9.36. The van der Waals surface area contributed by atoms with Gasteiger partial charge in [-0.15, -0.1) is 6.58 Å². The van der Waals surface area contributed by atoms with Crippen LogP contribution in [0, 0.1) is 51.2 Å². The highest BCUT2D eigenvalue weighted by molar-refractivity contribution is 5.83. The molecule has 0 heterocycles. The van der Waals surface area contributed by atoms with E-state index in [0.29, 0.717) is 41.0 Å². The number of carbonyl (C=O) groups excluding carboxylic acids is 1. The lowest BCUT2D eigenvalue weighted by Crippen LogP contribution is -2.63. The number of aliphatic hydroxyl groups is 1. The van der Waals surface area contributed by atoms with Crippen LogP contribution >= 0.6 is 0 Å². The highest BCUT2D eigenvalue weighted by Crippen LogP contribution is 2.73. The molecule has 9 atom stereocenters. The van der Waals surface area contributed by atoms with E-state index in [-0.39, 0.29) is 16.9 Å². The Bertz CT molecular complexity index is 1110. The van der Waals surface area contributed by atoms with Crippen LogP contribution in [0.4, 0.5) is 0 Å². The van der Waals surface area contributed by atoms with Crippen LogP contribution in [0.1, 0.15) is 111 Å². The molecule has 1 amide bonds. The molecule has 9 unspecified atom stereocenters. The van der Waals surface area contributed by atoms with Gasteiger partial charge in [0.05, 0.1) is 18.6 Å². The number of rotatable bonds is 4. The monoisotopic (exact) mass is 563 g/mol. The molecule has 5 aliphatic rings. The predicted molar refractivity (Wildman–Crippen MR) is 167 cm³/mol. The zero-order chi connectivity index (χ0) is 29.6. The number of aliphatic hydroxyl groups excluding tert-OH is 1. The summed E-state index contributed by atoms with van der Waals surface area (Å²) in [6.07, 6.45) is 14.7. The Morgan fingerprint density at radius 1 is 0.976 bits per heavy atom. The summed E-state index contributed by atoms with van der Waals surface area (Å²) in [4.78, 5) is 13.9. The number of methoxy groups -OCH3 is 1. The molecule has 5 aliphatic carbocycles. The number of benzene rings is 1. The molecule has 0 spiro atoms. The number of amides is 1. The van der Waals surface area contributed by atoms with Crippen molar-refractivity contribution in [2.24, 2.45) is 51.2 Å². The summed E-state index contributed by atoms with van der Waals surface area (Å²) in [5.41, 5.74) is 1.66. The van der Waals surface area contributed by atoms with E-state index in [1.165, 1.54) is 51.4 Å². The first kappa shape index (κ1) is 30.6. The minimum absolute atomic E-state index is 0.0131. The maximum Gasteiger partial charge on any atom is 0.226 e. The second-order valence-corrected chi connectivity index (χ2v) is 15.5. The Hall–Kier alpha value is -1.81. The molecule has 228 valence electrons. The van der Waals surface area contributed by atoms with E-state index >= 15 is 0 Å². The standard InChI is InChI=1S/C34H51NO3.C3H6/c1-31(2)27-14-17-32(3)25-13-19-34(30(37)35-21-22-8-6-9-23(20-22)38-5)16-7-10-26(34)24(25)11-12-28(32)33(27,4)18-15-29(31)36;1-3-2/h6,8-9,20,24-29,36H,7,10-19,21H2,1-5H3,(H,35,37);3H,1H2,2H3. The SMILES string of the molecule is C=CC.COc1cccc(CNC(=O)C23CCCC2C2CCC4C(C)(CCC5C(C)(C)C(O)CCC54C)C2CC3)c1. The van der Waals surface area contributed by atoms with Gasteiger partial charge in [-0.3, -0.25) is 4.79 Å². The fourth-order valence-corrected chi connectivity index (χ4v) is 11.7. The van der Waals surface area contributed by atoms with Gasteiger partial charge in [-0.1, -0.05) is 52.3 Å². The predicted octanol–water partition coefficient (Wildman–Crippen LogP) is 8.33. The molecular formula is C37H57NO3. The lowest BCUT2D eigenvalue weighted by molar-refractivity contribution is -0.214. The summed E-state index contributed by atoms with van der Waals surface area (Å²) >= 11 is 0. The average molecular weight is 564 g/mol. The molecule has 6 rings (SSSR count). The third-order valence-electron chi connectivity index (χ3n) is 13.5. The van der Waals surface area contributed by atoms with E-state index in [2.05, 4.69) is 45.7 Å². The summed E-state index contributed by atoms with van der Waals surface area (Å²) in [6, 6.07) is 8.07. The zero-order valence-electron chi connectivity index (χ0n) is 26.8. The van der Waals surface area contributed by atoms with Gasteiger partial charge in [0.25, 0.3) is 0 Å². The van der Waals surface area contributed by atoms with E-state index in [0.717, 1.165) is 42.4 Å². The average Bonchev–Trinajstić information content (AvgIpc) is 3.40. The smallest absolute Gasteiger partial charge is 0.226 e. The first-order valence-corrected chi connectivity index (χ1v) is 16.6.